The molecule has 0 radical (unpaired) electrons. The Labute approximate surface area is 64.1 Å². The molecule has 0 rings (SSSR count). The molecule has 0 amide bonds. The van der Waals surface area contributed by atoms with Crippen molar-refractivity contribution in [2.75, 3.05) is 0 Å². The first-order valence-electron chi connectivity index (χ1n) is 0.783. The molecule has 0 fully saturated rings. The first kappa shape index (κ1) is 15.7. The summed E-state index contributed by atoms with van der Waals surface area (Å²) in [4.78, 5) is 21.6. The van der Waals surface area contributed by atoms with Crippen LogP contribution in [0.15, 0.2) is 0 Å². The van der Waals surface area contributed by atoms with Gasteiger partial charge in [0.25, 0.3) is 0 Å². The minimum atomic E-state index is -4.64. The van der Waals surface area contributed by atoms with Crippen molar-refractivity contribution < 1.29 is 56.1 Å². The fraction of sp³-hybridized carbons (Fsp3) is 0. The molecule has 0 aliphatic heterocycles. The average molecular weight is 215 g/mol. The zero-order valence-corrected chi connectivity index (χ0v) is 8.45. The maximum Gasteiger partial charge on any atom is 0.466 e. The van der Waals surface area contributed by atoms with Crippen LogP contribution in [0.1, 0.15) is 0 Å². The third-order valence-corrected chi connectivity index (χ3v) is 0. The van der Waals surface area contributed by atoms with Crippen molar-refractivity contribution in [3.05, 3.63) is 0 Å². The van der Waals surface area contributed by atoms with Gasteiger partial charge in [0.15, 0.2) is 0 Å². The Morgan fingerprint density at radius 1 is 1.14 bits per heavy atom. The van der Waals surface area contributed by atoms with E-state index in [4.69, 9.17) is 19.2 Å². The molecule has 4 nitrogen and oxygen atoms in total. The summed E-state index contributed by atoms with van der Waals surface area (Å²) in [5, 5.41) is 0. The van der Waals surface area contributed by atoms with Crippen LogP contribution in [0.4, 0.5) is 0 Å². The normalized spacial score (nSPS) is 8.43. The van der Waals surface area contributed by atoms with Crippen LogP contribution in [0.5, 0.6) is 0 Å². The van der Waals surface area contributed by atoms with Crippen LogP contribution in [0, 0.1) is 0 Å². The van der Waals surface area contributed by atoms with Crippen molar-refractivity contribution >= 4 is 7.82 Å². The van der Waals surface area contributed by atoms with Gasteiger partial charge in [-0.05, 0) is 0 Å². The Morgan fingerprint density at radius 2 is 1.14 bits per heavy atom. The molecule has 0 aliphatic carbocycles. The smallest absolute Gasteiger partial charge is 0.303 e. The fourth-order valence-corrected chi connectivity index (χ4v) is 0. The van der Waals surface area contributed by atoms with Gasteiger partial charge in [0.05, 0.1) is 0 Å². The van der Waals surface area contributed by atoms with Crippen molar-refractivity contribution in [3.8, 4) is 0 Å². The van der Waals surface area contributed by atoms with Crippen LogP contribution < -0.4 is 0 Å². The van der Waals surface area contributed by atoms with E-state index in [1.807, 2.05) is 0 Å². The number of phosphoric acid groups is 1. The van der Waals surface area contributed by atoms with E-state index in [1.54, 1.807) is 0 Å². The molecule has 0 spiro atoms. The van der Waals surface area contributed by atoms with E-state index >= 15 is 0 Å². The van der Waals surface area contributed by atoms with Crippen molar-refractivity contribution in [1.29, 1.82) is 0 Å². The molecule has 0 aliphatic rings. The number of rotatable bonds is 0. The summed E-state index contributed by atoms with van der Waals surface area (Å²) in [5.74, 6) is 0. The molecular weight excluding hydrogens is 212 g/mol. The second kappa shape index (κ2) is 5.40. The molecule has 0 saturated heterocycles. The Hall–Kier alpha value is 1.27. The molecule has 0 heterocycles. The summed E-state index contributed by atoms with van der Waals surface area (Å²) in [6, 6.07) is 0. The molecule has 0 aromatic rings. The second-order valence-electron chi connectivity index (χ2n) is 0.513. The maximum atomic E-state index is 8.88. The molecule has 0 aromatic carbocycles. The Morgan fingerprint density at radius 3 is 1.14 bits per heavy atom. The summed E-state index contributed by atoms with van der Waals surface area (Å²) in [7, 11) is -4.64. The molecule has 0 unspecified atom stereocenters. The molecule has 40 valence electrons. The molecule has 0 saturated carbocycles. The molecule has 0 aromatic heterocycles. The third-order valence-electron chi connectivity index (χ3n) is 0. The maximum absolute atomic E-state index is 8.88. The van der Waals surface area contributed by atoms with Crippen LogP contribution in [0.3, 0.4) is 0 Å². The topological polar surface area (TPSA) is 77.8 Å². The van der Waals surface area contributed by atoms with Crippen LogP contribution in [-0.2, 0) is 41.4 Å². The van der Waals surface area contributed by atoms with Gasteiger partial charge in [-0.1, -0.05) is 0 Å². The molecule has 0 bridgehead atoms. The van der Waals surface area contributed by atoms with Gasteiger partial charge in [-0.2, -0.15) is 0 Å². The largest absolute Gasteiger partial charge is 0.466 e. The molecule has 0 atom stereocenters. The zero-order chi connectivity index (χ0) is 4.50. The summed E-state index contributed by atoms with van der Waals surface area (Å²) in [5.41, 5.74) is 0. The van der Waals surface area contributed by atoms with Gasteiger partial charge >= 0.3 is 7.82 Å². The van der Waals surface area contributed by atoms with E-state index in [9.17, 15) is 0 Å². The van der Waals surface area contributed by atoms with E-state index in [2.05, 4.69) is 0 Å². The van der Waals surface area contributed by atoms with Crippen molar-refractivity contribution in [1.82, 2.24) is 0 Å². The second-order valence-corrected chi connectivity index (χ2v) is 1.54. The van der Waals surface area contributed by atoms with Crippen molar-refractivity contribution in [2.45, 2.75) is 0 Å². The van der Waals surface area contributed by atoms with Crippen LogP contribution >= 0.6 is 7.82 Å². The molecule has 7 heteroatoms. The Balaban J connectivity index is -0.0000000800. The summed E-state index contributed by atoms with van der Waals surface area (Å²) >= 11 is 0. The van der Waals surface area contributed by atoms with Crippen molar-refractivity contribution in [3.63, 3.8) is 0 Å². The van der Waals surface area contributed by atoms with Gasteiger partial charge in [0, 0.05) is 36.8 Å². The van der Waals surface area contributed by atoms with Gasteiger partial charge in [-0.25, -0.2) is 4.57 Å². The summed E-state index contributed by atoms with van der Waals surface area (Å²) in [6.07, 6.45) is 0. The first-order valence-corrected chi connectivity index (χ1v) is 2.35. The van der Waals surface area contributed by atoms with E-state index in [0.717, 1.165) is 0 Å². The fourth-order valence-electron chi connectivity index (χ4n) is 0. The zero-order valence-electron chi connectivity index (χ0n) is 3.31. The van der Waals surface area contributed by atoms with Crippen molar-refractivity contribution in [2.24, 2.45) is 0 Å². The number of hydrogen-bond acceptors (Lipinski definition) is 1. The van der Waals surface area contributed by atoms with Gasteiger partial charge in [-0.15, -0.1) is 0 Å². The average Bonchev–Trinajstić information content (AvgIpc) is 0.722. The molecule has 3 N–H and O–H groups in total. The van der Waals surface area contributed by atoms with Crippen LogP contribution in [0.2, 0.25) is 0 Å². The van der Waals surface area contributed by atoms with Crippen LogP contribution in [-0.4, -0.2) is 14.7 Å². The standard InChI is InChI=1S/Cr.H3O4P.Zn/c;1-5(2,3)4;/h;(H3,1,2,3,4);. The monoisotopic (exact) mass is 214 g/mol. The quantitative estimate of drug-likeness (QED) is 0.360. The van der Waals surface area contributed by atoms with Crippen LogP contribution in [0.25, 0.3) is 0 Å². The molecule has 7 heavy (non-hydrogen) atoms. The van der Waals surface area contributed by atoms with E-state index in [1.165, 1.54) is 0 Å². The van der Waals surface area contributed by atoms with Gasteiger partial charge in [0.2, 0.25) is 0 Å². The van der Waals surface area contributed by atoms with E-state index < -0.39 is 7.82 Å². The SMILES string of the molecule is O=P(O)(O)O.[Cr].[Zn]. The van der Waals surface area contributed by atoms with E-state index in [-0.39, 0.29) is 36.8 Å². The summed E-state index contributed by atoms with van der Waals surface area (Å²) in [6.45, 7) is 0. The number of hydrogen-bond donors (Lipinski definition) is 3. The minimum absolute atomic E-state index is 0. The van der Waals surface area contributed by atoms with E-state index in [0.29, 0.717) is 0 Å². The molecular formula is H3CrO4PZn. The third kappa shape index (κ3) is 126. The minimum Gasteiger partial charge on any atom is -0.303 e. The Kier molecular flexibility index (Phi) is 12.1. The Bertz CT molecular complexity index is 57.8. The predicted molar refractivity (Wildman–Crippen MR) is 14.3 cm³/mol. The van der Waals surface area contributed by atoms with Gasteiger partial charge in [0.1, 0.15) is 0 Å². The van der Waals surface area contributed by atoms with Gasteiger partial charge < -0.3 is 14.7 Å². The van der Waals surface area contributed by atoms with Gasteiger partial charge in [-0.3, -0.25) is 0 Å². The predicted octanol–water partition coefficient (Wildman–Crippen LogP) is -0.934. The first-order chi connectivity index (χ1) is 2.00. The summed E-state index contributed by atoms with van der Waals surface area (Å²) < 4.78 is 8.88.